The van der Waals surface area contributed by atoms with Gasteiger partial charge in [-0.25, -0.2) is 26.9 Å². The highest BCUT2D eigenvalue weighted by Gasteiger charge is 2.23. The predicted octanol–water partition coefficient (Wildman–Crippen LogP) is 1.36. The maximum atomic E-state index is 13.9. The van der Waals surface area contributed by atoms with E-state index in [1.54, 1.807) is 10.9 Å². The van der Waals surface area contributed by atoms with E-state index < -0.39 is 38.7 Å². The zero-order chi connectivity index (χ0) is 14.8. The molecule has 0 spiro atoms. The molecule has 0 aliphatic rings. The predicted molar refractivity (Wildman–Crippen MR) is 70.4 cm³/mol. The van der Waals surface area contributed by atoms with Crippen LogP contribution in [0.1, 0.15) is 11.3 Å². The molecular weight excluding hydrogens is 308 g/mol. The number of rotatable bonds is 5. The standard InChI is InChI=1S/C11H11F2N3O2S2/c12-9-1-2-10(11(13)8(9)3-14)20(17,18)16-4-7-5-19-6-15-7/h1-2,5-6,16H,3-4,14H2. The third-order valence-electron chi connectivity index (χ3n) is 2.57. The van der Waals surface area contributed by atoms with Crippen LogP contribution in [-0.2, 0) is 23.1 Å². The van der Waals surface area contributed by atoms with E-state index in [2.05, 4.69) is 9.71 Å². The van der Waals surface area contributed by atoms with E-state index in [1.807, 2.05) is 0 Å². The second kappa shape index (κ2) is 5.92. The number of aromatic nitrogens is 1. The highest BCUT2D eigenvalue weighted by molar-refractivity contribution is 7.89. The quantitative estimate of drug-likeness (QED) is 0.871. The summed E-state index contributed by atoms with van der Waals surface area (Å²) in [4.78, 5) is 3.27. The van der Waals surface area contributed by atoms with Crippen molar-refractivity contribution in [2.75, 3.05) is 0 Å². The molecule has 0 atom stereocenters. The number of benzene rings is 1. The first-order valence-electron chi connectivity index (χ1n) is 5.49. The molecule has 1 heterocycles. The summed E-state index contributed by atoms with van der Waals surface area (Å²) in [5.41, 5.74) is 6.82. The molecule has 0 fully saturated rings. The molecule has 0 amide bonds. The van der Waals surface area contributed by atoms with E-state index in [1.165, 1.54) is 11.3 Å². The van der Waals surface area contributed by atoms with E-state index >= 15 is 0 Å². The summed E-state index contributed by atoms with van der Waals surface area (Å²) in [5.74, 6) is -2.04. The second-order valence-corrected chi connectivity index (χ2v) is 6.30. The highest BCUT2D eigenvalue weighted by Crippen LogP contribution is 2.20. The van der Waals surface area contributed by atoms with Crippen molar-refractivity contribution in [2.24, 2.45) is 5.73 Å². The van der Waals surface area contributed by atoms with Gasteiger partial charge in [0.15, 0.2) is 5.82 Å². The lowest BCUT2D eigenvalue weighted by Gasteiger charge is -2.09. The van der Waals surface area contributed by atoms with Crippen LogP contribution >= 0.6 is 11.3 Å². The Morgan fingerprint density at radius 3 is 2.70 bits per heavy atom. The first-order valence-corrected chi connectivity index (χ1v) is 7.92. The van der Waals surface area contributed by atoms with Crippen molar-refractivity contribution in [1.82, 2.24) is 9.71 Å². The Kier molecular flexibility index (Phi) is 4.43. The molecular formula is C11H11F2N3O2S2. The molecule has 2 aromatic rings. The number of nitrogens with two attached hydrogens (primary N) is 1. The molecule has 20 heavy (non-hydrogen) atoms. The normalized spacial score (nSPS) is 11.8. The molecule has 5 nitrogen and oxygen atoms in total. The van der Waals surface area contributed by atoms with Gasteiger partial charge in [0.1, 0.15) is 10.7 Å². The average Bonchev–Trinajstić information content (AvgIpc) is 2.90. The Balaban J connectivity index is 2.30. The SMILES string of the molecule is NCc1c(F)ccc(S(=O)(=O)NCc2cscn2)c1F. The van der Waals surface area contributed by atoms with Gasteiger partial charge in [0.05, 0.1) is 17.7 Å². The van der Waals surface area contributed by atoms with Crippen molar-refractivity contribution >= 4 is 21.4 Å². The van der Waals surface area contributed by atoms with Crippen molar-refractivity contribution in [3.05, 3.63) is 45.9 Å². The van der Waals surface area contributed by atoms with Crippen molar-refractivity contribution < 1.29 is 17.2 Å². The fourth-order valence-corrected chi connectivity index (χ4v) is 3.20. The summed E-state index contributed by atoms with van der Waals surface area (Å²) in [7, 11) is -4.10. The summed E-state index contributed by atoms with van der Waals surface area (Å²) < 4.78 is 53.4. The molecule has 0 radical (unpaired) electrons. The number of nitrogens with zero attached hydrogens (tertiary/aromatic N) is 1. The van der Waals surface area contributed by atoms with Crippen LogP contribution < -0.4 is 10.5 Å². The van der Waals surface area contributed by atoms with E-state index in [-0.39, 0.29) is 6.54 Å². The van der Waals surface area contributed by atoms with Crippen molar-refractivity contribution in [1.29, 1.82) is 0 Å². The molecule has 0 saturated heterocycles. The highest BCUT2D eigenvalue weighted by atomic mass is 32.2. The fraction of sp³-hybridized carbons (Fsp3) is 0.182. The van der Waals surface area contributed by atoms with Crippen LogP contribution in [0.15, 0.2) is 27.9 Å². The number of halogens is 2. The largest absolute Gasteiger partial charge is 0.326 e. The number of hydrogen-bond acceptors (Lipinski definition) is 5. The van der Waals surface area contributed by atoms with Gasteiger partial charge in [-0.15, -0.1) is 11.3 Å². The van der Waals surface area contributed by atoms with E-state index in [0.717, 1.165) is 12.1 Å². The van der Waals surface area contributed by atoms with Crippen LogP contribution in [0.2, 0.25) is 0 Å². The lowest BCUT2D eigenvalue weighted by atomic mass is 10.2. The van der Waals surface area contributed by atoms with Crippen LogP contribution in [0.25, 0.3) is 0 Å². The maximum absolute atomic E-state index is 13.9. The summed E-state index contributed by atoms with van der Waals surface area (Å²) >= 11 is 1.31. The molecule has 1 aromatic carbocycles. The maximum Gasteiger partial charge on any atom is 0.243 e. The number of nitrogens with one attached hydrogen (secondary N) is 1. The lowest BCUT2D eigenvalue weighted by molar-refractivity contribution is 0.525. The fourth-order valence-electron chi connectivity index (χ4n) is 1.54. The molecule has 108 valence electrons. The van der Waals surface area contributed by atoms with Crippen molar-refractivity contribution in [2.45, 2.75) is 18.0 Å². The molecule has 2 rings (SSSR count). The van der Waals surface area contributed by atoms with Crippen LogP contribution in [0.5, 0.6) is 0 Å². The van der Waals surface area contributed by atoms with Gasteiger partial charge >= 0.3 is 0 Å². The molecule has 0 bridgehead atoms. The molecule has 0 unspecified atom stereocenters. The Labute approximate surface area is 118 Å². The lowest BCUT2D eigenvalue weighted by Crippen LogP contribution is -2.25. The summed E-state index contributed by atoms with van der Waals surface area (Å²) in [5, 5.41) is 1.66. The Morgan fingerprint density at radius 2 is 2.10 bits per heavy atom. The topological polar surface area (TPSA) is 85.1 Å². The van der Waals surface area contributed by atoms with Gasteiger partial charge in [-0.05, 0) is 12.1 Å². The Hall–Kier alpha value is -1.42. The number of sulfonamides is 1. The van der Waals surface area contributed by atoms with Crippen LogP contribution in [0.3, 0.4) is 0 Å². The Bertz CT molecular complexity index is 703. The summed E-state index contributed by atoms with van der Waals surface area (Å²) in [6.07, 6.45) is 0. The smallest absolute Gasteiger partial charge is 0.243 e. The van der Waals surface area contributed by atoms with Crippen molar-refractivity contribution in [3.8, 4) is 0 Å². The molecule has 1 aromatic heterocycles. The van der Waals surface area contributed by atoms with Crippen molar-refractivity contribution in [3.63, 3.8) is 0 Å². The zero-order valence-corrected chi connectivity index (χ0v) is 11.8. The third kappa shape index (κ3) is 3.01. The molecule has 9 heteroatoms. The summed E-state index contributed by atoms with van der Waals surface area (Å²) in [6, 6.07) is 1.75. The molecule has 0 saturated carbocycles. The second-order valence-electron chi connectivity index (χ2n) is 3.85. The first kappa shape index (κ1) is 15.0. The van der Waals surface area contributed by atoms with Gasteiger partial charge in [-0.3, -0.25) is 0 Å². The minimum Gasteiger partial charge on any atom is -0.326 e. The van der Waals surface area contributed by atoms with Gasteiger partial charge in [0.2, 0.25) is 10.0 Å². The van der Waals surface area contributed by atoms with Crippen LogP contribution in [0, 0.1) is 11.6 Å². The third-order valence-corrected chi connectivity index (χ3v) is 4.63. The average molecular weight is 319 g/mol. The van der Waals surface area contributed by atoms with Gasteiger partial charge in [0.25, 0.3) is 0 Å². The zero-order valence-electron chi connectivity index (χ0n) is 10.1. The van der Waals surface area contributed by atoms with Gasteiger partial charge in [-0.2, -0.15) is 0 Å². The minimum atomic E-state index is -4.10. The van der Waals surface area contributed by atoms with Crippen LogP contribution in [-0.4, -0.2) is 13.4 Å². The van der Waals surface area contributed by atoms with Gasteiger partial charge in [0, 0.05) is 17.5 Å². The van der Waals surface area contributed by atoms with Gasteiger partial charge in [-0.1, -0.05) is 0 Å². The minimum absolute atomic E-state index is 0.0688. The molecule has 0 aliphatic heterocycles. The van der Waals surface area contributed by atoms with E-state index in [4.69, 9.17) is 5.73 Å². The molecule has 0 aliphatic carbocycles. The van der Waals surface area contributed by atoms with E-state index in [0.29, 0.717) is 5.69 Å². The monoisotopic (exact) mass is 319 g/mol. The number of thiazole rings is 1. The number of hydrogen-bond donors (Lipinski definition) is 2. The van der Waals surface area contributed by atoms with Gasteiger partial charge < -0.3 is 5.73 Å². The van der Waals surface area contributed by atoms with Crippen LogP contribution in [0.4, 0.5) is 8.78 Å². The Morgan fingerprint density at radius 1 is 1.35 bits per heavy atom. The summed E-state index contributed by atoms with van der Waals surface area (Å²) in [6.45, 7) is -0.492. The molecule has 3 N–H and O–H groups in total. The first-order chi connectivity index (χ1) is 9.45. The van der Waals surface area contributed by atoms with E-state index in [9.17, 15) is 17.2 Å².